The first-order valence-corrected chi connectivity index (χ1v) is 6.49. The van der Waals surface area contributed by atoms with Crippen LogP contribution in [0.4, 0.5) is 5.13 Å². The fraction of sp³-hybridized carbons (Fsp3) is 0.636. The number of hydrogen-bond donors (Lipinski definition) is 2. The molecule has 1 aliphatic carbocycles. The zero-order valence-electron chi connectivity index (χ0n) is 9.45. The van der Waals surface area contributed by atoms with E-state index in [0.717, 1.165) is 18.0 Å². The highest BCUT2D eigenvalue weighted by Crippen LogP contribution is 2.30. The maximum absolute atomic E-state index is 11.6. The van der Waals surface area contributed by atoms with Crippen LogP contribution in [0.15, 0.2) is 0 Å². The summed E-state index contributed by atoms with van der Waals surface area (Å²) in [5, 5.41) is 3.60. The third-order valence-electron chi connectivity index (χ3n) is 2.78. The van der Waals surface area contributed by atoms with Crippen molar-refractivity contribution < 1.29 is 4.79 Å². The van der Waals surface area contributed by atoms with Gasteiger partial charge in [-0.1, -0.05) is 6.92 Å². The van der Waals surface area contributed by atoms with Gasteiger partial charge in [0.25, 0.3) is 0 Å². The number of nitrogens with two attached hydrogens (primary N) is 1. The monoisotopic (exact) mass is 239 g/mol. The molecule has 3 N–H and O–H groups in total. The van der Waals surface area contributed by atoms with Crippen LogP contribution in [-0.2, 0) is 17.6 Å². The summed E-state index contributed by atoms with van der Waals surface area (Å²) in [6.45, 7) is 2.52. The molecular formula is C11H17N3OS. The van der Waals surface area contributed by atoms with Gasteiger partial charge in [-0.25, -0.2) is 4.98 Å². The minimum Gasteiger partial charge on any atom is -0.330 e. The lowest BCUT2D eigenvalue weighted by Crippen LogP contribution is -2.20. The number of aromatic nitrogens is 1. The first-order valence-electron chi connectivity index (χ1n) is 5.67. The second kappa shape index (κ2) is 4.93. The van der Waals surface area contributed by atoms with Crippen LogP contribution in [0.25, 0.3) is 0 Å². The largest absolute Gasteiger partial charge is 0.330 e. The molecule has 1 aromatic heterocycles. The molecule has 1 unspecified atom stereocenters. The average molecular weight is 239 g/mol. The molecule has 88 valence electrons. The molecule has 1 aliphatic rings. The molecule has 2 rings (SSSR count). The summed E-state index contributed by atoms with van der Waals surface area (Å²) in [5.74, 6) is 0.247. The molecule has 0 aliphatic heterocycles. The molecule has 1 amide bonds. The Hall–Kier alpha value is -0.940. The van der Waals surface area contributed by atoms with Gasteiger partial charge in [-0.3, -0.25) is 4.79 Å². The standard InChI is InChI=1S/C11H17N3OS/c1-7(6-12)5-10(15)14-11-13-8-3-2-4-9(8)16-11/h7H,2-6,12H2,1H3,(H,13,14,15). The second-order valence-corrected chi connectivity index (χ2v) is 5.42. The first kappa shape index (κ1) is 11.5. The lowest BCUT2D eigenvalue weighted by Gasteiger charge is -2.06. The maximum Gasteiger partial charge on any atom is 0.226 e. The van der Waals surface area contributed by atoms with E-state index in [-0.39, 0.29) is 11.8 Å². The van der Waals surface area contributed by atoms with Crippen LogP contribution in [-0.4, -0.2) is 17.4 Å². The summed E-state index contributed by atoms with van der Waals surface area (Å²) >= 11 is 1.61. The topological polar surface area (TPSA) is 68.0 Å². The van der Waals surface area contributed by atoms with E-state index in [9.17, 15) is 4.79 Å². The SMILES string of the molecule is CC(CN)CC(=O)Nc1nc2c(s1)CCC2. The van der Waals surface area contributed by atoms with Crippen molar-refractivity contribution in [2.45, 2.75) is 32.6 Å². The highest BCUT2D eigenvalue weighted by molar-refractivity contribution is 7.15. The zero-order valence-corrected chi connectivity index (χ0v) is 10.3. The van der Waals surface area contributed by atoms with Gasteiger partial charge in [-0.15, -0.1) is 11.3 Å². The minimum atomic E-state index is 0.0189. The summed E-state index contributed by atoms with van der Waals surface area (Å²) in [7, 11) is 0. The molecule has 16 heavy (non-hydrogen) atoms. The average Bonchev–Trinajstić information content (AvgIpc) is 2.77. The Bertz CT molecular complexity index is 367. The third-order valence-corrected chi connectivity index (χ3v) is 3.85. The molecule has 0 saturated carbocycles. The van der Waals surface area contributed by atoms with Crippen LogP contribution < -0.4 is 11.1 Å². The number of amides is 1. The smallest absolute Gasteiger partial charge is 0.226 e. The Balaban J connectivity index is 1.91. The van der Waals surface area contributed by atoms with Crippen LogP contribution in [0, 0.1) is 5.92 Å². The number of hydrogen-bond acceptors (Lipinski definition) is 4. The van der Waals surface area contributed by atoms with Crippen LogP contribution in [0.1, 0.15) is 30.3 Å². The van der Waals surface area contributed by atoms with Crippen LogP contribution in [0.3, 0.4) is 0 Å². The molecule has 1 atom stereocenters. The molecule has 1 heterocycles. The third kappa shape index (κ3) is 2.59. The Morgan fingerprint density at radius 3 is 3.12 bits per heavy atom. The van der Waals surface area contributed by atoms with Crippen molar-refractivity contribution in [1.82, 2.24) is 4.98 Å². The highest BCUT2D eigenvalue weighted by Gasteiger charge is 2.18. The molecule has 5 heteroatoms. The molecule has 4 nitrogen and oxygen atoms in total. The lowest BCUT2D eigenvalue weighted by molar-refractivity contribution is -0.116. The van der Waals surface area contributed by atoms with Crippen LogP contribution in [0.2, 0.25) is 0 Å². The Kier molecular flexibility index (Phi) is 3.56. The van der Waals surface area contributed by atoms with Gasteiger partial charge < -0.3 is 11.1 Å². The Morgan fingerprint density at radius 2 is 2.44 bits per heavy atom. The molecule has 1 aromatic rings. The van der Waals surface area contributed by atoms with Crippen molar-refractivity contribution in [3.05, 3.63) is 10.6 Å². The van der Waals surface area contributed by atoms with Gasteiger partial charge in [0, 0.05) is 11.3 Å². The molecule has 0 saturated heterocycles. The maximum atomic E-state index is 11.6. The fourth-order valence-electron chi connectivity index (χ4n) is 1.81. The molecule has 0 bridgehead atoms. The van der Waals surface area contributed by atoms with Gasteiger partial charge in [0.2, 0.25) is 5.91 Å². The van der Waals surface area contributed by atoms with E-state index in [0.29, 0.717) is 13.0 Å². The number of thiazole rings is 1. The van der Waals surface area contributed by atoms with Gasteiger partial charge in [0.1, 0.15) is 0 Å². The van der Waals surface area contributed by atoms with E-state index < -0.39 is 0 Å². The number of aryl methyl sites for hydroxylation is 2. The quantitative estimate of drug-likeness (QED) is 0.837. The number of rotatable bonds is 4. The predicted molar refractivity (Wildman–Crippen MR) is 65.6 cm³/mol. The molecule has 0 radical (unpaired) electrons. The lowest BCUT2D eigenvalue weighted by atomic mass is 10.1. The van der Waals surface area contributed by atoms with E-state index in [4.69, 9.17) is 5.73 Å². The van der Waals surface area contributed by atoms with Gasteiger partial charge in [-0.2, -0.15) is 0 Å². The van der Waals surface area contributed by atoms with E-state index >= 15 is 0 Å². The van der Waals surface area contributed by atoms with E-state index in [1.54, 1.807) is 11.3 Å². The predicted octanol–water partition coefficient (Wildman–Crippen LogP) is 1.56. The number of nitrogens with one attached hydrogen (secondary N) is 1. The summed E-state index contributed by atoms with van der Waals surface area (Å²) in [5.41, 5.74) is 6.65. The number of carbonyl (C=O) groups excluding carboxylic acids is 1. The highest BCUT2D eigenvalue weighted by atomic mass is 32.1. The van der Waals surface area contributed by atoms with Crippen molar-refractivity contribution in [3.63, 3.8) is 0 Å². The van der Waals surface area contributed by atoms with Crippen molar-refractivity contribution in [2.24, 2.45) is 11.7 Å². The summed E-state index contributed by atoms with van der Waals surface area (Å²) in [6.07, 6.45) is 3.84. The van der Waals surface area contributed by atoms with Crippen molar-refractivity contribution in [2.75, 3.05) is 11.9 Å². The zero-order chi connectivity index (χ0) is 11.5. The van der Waals surface area contributed by atoms with Gasteiger partial charge >= 0.3 is 0 Å². The Labute approximate surface area is 99.3 Å². The summed E-state index contributed by atoms with van der Waals surface area (Å²) in [6, 6.07) is 0. The number of anilines is 1. The van der Waals surface area contributed by atoms with E-state index in [1.165, 1.54) is 17.0 Å². The van der Waals surface area contributed by atoms with Crippen LogP contribution >= 0.6 is 11.3 Å². The molecular weight excluding hydrogens is 222 g/mol. The minimum absolute atomic E-state index is 0.0189. The van der Waals surface area contributed by atoms with Gasteiger partial charge in [0.15, 0.2) is 5.13 Å². The first-order chi connectivity index (χ1) is 7.69. The van der Waals surface area contributed by atoms with Crippen molar-refractivity contribution in [3.8, 4) is 0 Å². The van der Waals surface area contributed by atoms with Crippen molar-refractivity contribution in [1.29, 1.82) is 0 Å². The number of carbonyl (C=O) groups is 1. The number of fused-ring (bicyclic) bond motifs is 1. The molecule has 0 spiro atoms. The second-order valence-electron chi connectivity index (χ2n) is 4.34. The van der Waals surface area contributed by atoms with Gasteiger partial charge in [0.05, 0.1) is 5.69 Å². The number of nitrogens with zero attached hydrogens (tertiary/aromatic N) is 1. The normalized spacial score (nSPS) is 15.9. The van der Waals surface area contributed by atoms with E-state index in [1.807, 2.05) is 6.92 Å². The summed E-state index contributed by atoms with van der Waals surface area (Å²) < 4.78 is 0. The van der Waals surface area contributed by atoms with E-state index in [2.05, 4.69) is 10.3 Å². The fourth-order valence-corrected chi connectivity index (χ4v) is 2.88. The molecule has 0 fully saturated rings. The molecule has 0 aromatic carbocycles. The van der Waals surface area contributed by atoms with Gasteiger partial charge in [-0.05, 0) is 31.7 Å². The van der Waals surface area contributed by atoms with Crippen LogP contribution in [0.5, 0.6) is 0 Å². The summed E-state index contributed by atoms with van der Waals surface area (Å²) in [4.78, 5) is 17.4. The Morgan fingerprint density at radius 1 is 1.62 bits per heavy atom. The van der Waals surface area contributed by atoms with Crippen molar-refractivity contribution >= 4 is 22.4 Å².